The first-order chi connectivity index (χ1) is 7.80. The van der Waals surface area contributed by atoms with Crippen LogP contribution in [0.15, 0.2) is 0 Å². The lowest BCUT2D eigenvalue weighted by molar-refractivity contribution is -0.225. The van der Waals surface area contributed by atoms with Gasteiger partial charge < -0.3 is 4.74 Å². The summed E-state index contributed by atoms with van der Waals surface area (Å²) in [6.07, 6.45) is 3.08. The van der Waals surface area contributed by atoms with E-state index >= 15 is 0 Å². The summed E-state index contributed by atoms with van der Waals surface area (Å²) in [4.78, 5) is 14.0. The molecule has 0 aromatic heterocycles. The van der Waals surface area contributed by atoms with E-state index in [0.717, 1.165) is 19.3 Å². The summed E-state index contributed by atoms with van der Waals surface area (Å²) in [6, 6.07) is 0. The Labute approximate surface area is 105 Å². The fourth-order valence-electron chi connectivity index (χ4n) is 2.35. The molecule has 0 radical (unpaired) electrons. The molecule has 4 nitrogen and oxygen atoms in total. The molecule has 0 amide bonds. The SMILES string of the molecule is CCCCC1OC(=O)C1(NC)N(C)C(C)(C)C. The van der Waals surface area contributed by atoms with Gasteiger partial charge in [0.25, 0.3) is 0 Å². The predicted molar refractivity (Wildman–Crippen MR) is 68.7 cm³/mol. The summed E-state index contributed by atoms with van der Waals surface area (Å²) in [5.74, 6) is -0.154. The molecule has 1 rings (SSSR count). The van der Waals surface area contributed by atoms with Crippen LogP contribution in [0.25, 0.3) is 0 Å². The zero-order valence-electron chi connectivity index (χ0n) is 12.0. The van der Waals surface area contributed by atoms with Crippen molar-refractivity contribution in [2.24, 2.45) is 0 Å². The van der Waals surface area contributed by atoms with Gasteiger partial charge in [0.05, 0.1) is 0 Å². The minimum Gasteiger partial charge on any atom is -0.456 e. The highest BCUT2D eigenvalue weighted by Gasteiger charge is 2.61. The number of unbranched alkanes of at least 4 members (excludes halogenated alkanes) is 1. The molecule has 0 bridgehead atoms. The number of ether oxygens (including phenoxy) is 1. The molecule has 0 aromatic rings. The van der Waals surface area contributed by atoms with Crippen LogP contribution in [0.5, 0.6) is 0 Å². The van der Waals surface area contributed by atoms with Crippen LogP contribution in [0.4, 0.5) is 0 Å². The van der Waals surface area contributed by atoms with Crippen LogP contribution in [0.3, 0.4) is 0 Å². The first-order valence-corrected chi connectivity index (χ1v) is 6.44. The van der Waals surface area contributed by atoms with Crippen LogP contribution in [-0.4, -0.2) is 42.3 Å². The second-order valence-electron chi connectivity index (χ2n) is 5.78. The summed E-state index contributed by atoms with van der Waals surface area (Å²) >= 11 is 0. The number of esters is 1. The lowest BCUT2D eigenvalue weighted by Crippen LogP contribution is -2.79. The van der Waals surface area contributed by atoms with Crippen molar-refractivity contribution in [2.45, 2.75) is 64.3 Å². The molecule has 1 heterocycles. The van der Waals surface area contributed by atoms with Crippen molar-refractivity contribution in [1.29, 1.82) is 0 Å². The van der Waals surface area contributed by atoms with Gasteiger partial charge in [0.2, 0.25) is 5.66 Å². The van der Waals surface area contributed by atoms with Crippen LogP contribution in [0, 0.1) is 0 Å². The van der Waals surface area contributed by atoms with E-state index < -0.39 is 5.66 Å². The lowest BCUT2D eigenvalue weighted by atomic mass is 9.87. The van der Waals surface area contributed by atoms with Gasteiger partial charge in [0.1, 0.15) is 6.10 Å². The molecule has 1 aliphatic heterocycles. The van der Waals surface area contributed by atoms with Gasteiger partial charge in [-0.3, -0.25) is 10.2 Å². The fraction of sp³-hybridized carbons (Fsp3) is 0.923. The number of carbonyl (C=O) groups is 1. The number of hydrogen-bond donors (Lipinski definition) is 1. The number of cyclic esters (lactones) is 1. The molecule has 17 heavy (non-hydrogen) atoms. The molecular weight excluding hydrogens is 216 g/mol. The molecule has 0 saturated carbocycles. The monoisotopic (exact) mass is 242 g/mol. The maximum absolute atomic E-state index is 11.9. The third kappa shape index (κ3) is 2.33. The largest absolute Gasteiger partial charge is 0.456 e. The molecule has 0 aliphatic carbocycles. The van der Waals surface area contributed by atoms with E-state index in [1.807, 2.05) is 14.1 Å². The first kappa shape index (κ1) is 14.5. The minimum absolute atomic E-state index is 0.0378. The number of hydrogen-bond acceptors (Lipinski definition) is 4. The highest BCUT2D eigenvalue weighted by Crippen LogP contribution is 2.37. The van der Waals surface area contributed by atoms with Crippen molar-refractivity contribution >= 4 is 5.97 Å². The molecule has 4 heteroatoms. The second-order valence-corrected chi connectivity index (χ2v) is 5.78. The molecule has 1 N–H and O–H groups in total. The number of carbonyl (C=O) groups excluding carboxylic acids is 1. The van der Waals surface area contributed by atoms with E-state index in [4.69, 9.17) is 4.74 Å². The van der Waals surface area contributed by atoms with Gasteiger partial charge in [-0.1, -0.05) is 13.3 Å². The van der Waals surface area contributed by atoms with Gasteiger partial charge in [-0.15, -0.1) is 0 Å². The van der Waals surface area contributed by atoms with Gasteiger partial charge in [0.15, 0.2) is 0 Å². The Morgan fingerprint density at radius 3 is 2.41 bits per heavy atom. The Morgan fingerprint density at radius 2 is 2.06 bits per heavy atom. The Kier molecular flexibility index (Phi) is 4.20. The molecule has 0 aromatic carbocycles. The summed E-state index contributed by atoms with van der Waals surface area (Å²) < 4.78 is 5.32. The summed E-state index contributed by atoms with van der Waals surface area (Å²) in [5.41, 5.74) is -0.722. The maximum atomic E-state index is 11.9. The van der Waals surface area contributed by atoms with Crippen LogP contribution in [0.1, 0.15) is 47.0 Å². The van der Waals surface area contributed by atoms with Crippen LogP contribution in [-0.2, 0) is 9.53 Å². The Bertz CT molecular complexity index is 286. The number of likely N-dealkylation sites (N-methyl/N-ethyl adjacent to an activating group) is 2. The molecule has 1 fully saturated rings. The first-order valence-electron chi connectivity index (χ1n) is 6.44. The van der Waals surface area contributed by atoms with Crippen molar-refractivity contribution in [3.05, 3.63) is 0 Å². The van der Waals surface area contributed by atoms with Crippen molar-refractivity contribution in [3.8, 4) is 0 Å². The standard InChI is InChI=1S/C13H26N2O2/c1-7-8-9-10-13(14-5,11(16)17-10)15(6)12(2,3)4/h10,14H,7-9H2,1-6H3. The minimum atomic E-state index is -0.645. The molecule has 2 atom stereocenters. The highest BCUT2D eigenvalue weighted by molar-refractivity contribution is 5.87. The Hall–Kier alpha value is -0.610. The lowest BCUT2D eigenvalue weighted by Gasteiger charge is -2.55. The van der Waals surface area contributed by atoms with Crippen molar-refractivity contribution in [1.82, 2.24) is 10.2 Å². The van der Waals surface area contributed by atoms with Gasteiger partial charge in [0, 0.05) is 5.54 Å². The molecule has 100 valence electrons. The molecule has 0 spiro atoms. The van der Waals surface area contributed by atoms with Crippen LogP contribution >= 0.6 is 0 Å². The van der Waals surface area contributed by atoms with Crippen molar-refractivity contribution < 1.29 is 9.53 Å². The van der Waals surface area contributed by atoms with E-state index in [1.54, 1.807) is 0 Å². The smallest absolute Gasteiger partial charge is 0.346 e. The van der Waals surface area contributed by atoms with Crippen molar-refractivity contribution in [2.75, 3.05) is 14.1 Å². The van der Waals surface area contributed by atoms with E-state index in [2.05, 4.69) is 37.9 Å². The number of nitrogens with one attached hydrogen (secondary N) is 1. The summed E-state index contributed by atoms with van der Waals surface area (Å²) in [6.45, 7) is 8.47. The van der Waals surface area contributed by atoms with Gasteiger partial charge in [-0.05, 0) is 47.7 Å². The summed E-state index contributed by atoms with van der Waals surface area (Å²) in [5, 5.41) is 3.18. The molecule has 1 saturated heterocycles. The van der Waals surface area contributed by atoms with E-state index in [0.29, 0.717) is 0 Å². The quantitative estimate of drug-likeness (QED) is 0.589. The Morgan fingerprint density at radius 1 is 1.47 bits per heavy atom. The van der Waals surface area contributed by atoms with E-state index in [1.165, 1.54) is 0 Å². The molecular formula is C13H26N2O2. The molecule has 1 aliphatic rings. The zero-order chi connectivity index (χ0) is 13.3. The normalized spacial score (nSPS) is 29.1. The zero-order valence-corrected chi connectivity index (χ0v) is 12.0. The van der Waals surface area contributed by atoms with Gasteiger partial charge in [-0.2, -0.15) is 0 Å². The van der Waals surface area contributed by atoms with Crippen LogP contribution < -0.4 is 5.32 Å². The number of rotatable bonds is 5. The number of nitrogens with zero attached hydrogens (tertiary/aromatic N) is 1. The summed E-state index contributed by atoms with van der Waals surface area (Å²) in [7, 11) is 3.82. The van der Waals surface area contributed by atoms with E-state index in [-0.39, 0.29) is 17.6 Å². The average Bonchev–Trinajstić information content (AvgIpc) is 2.23. The van der Waals surface area contributed by atoms with Gasteiger partial charge >= 0.3 is 5.97 Å². The third-order valence-electron chi connectivity index (χ3n) is 3.76. The van der Waals surface area contributed by atoms with E-state index in [9.17, 15) is 4.79 Å². The second kappa shape index (κ2) is 4.94. The third-order valence-corrected chi connectivity index (χ3v) is 3.76. The topological polar surface area (TPSA) is 41.6 Å². The maximum Gasteiger partial charge on any atom is 0.346 e. The highest BCUT2D eigenvalue weighted by atomic mass is 16.6. The molecule has 2 unspecified atom stereocenters. The van der Waals surface area contributed by atoms with Crippen LogP contribution in [0.2, 0.25) is 0 Å². The van der Waals surface area contributed by atoms with Crippen molar-refractivity contribution in [3.63, 3.8) is 0 Å². The fourth-order valence-corrected chi connectivity index (χ4v) is 2.35. The average molecular weight is 242 g/mol. The Balaban J connectivity index is 2.88. The predicted octanol–water partition coefficient (Wildman–Crippen LogP) is 1.75. The van der Waals surface area contributed by atoms with Gasteiger partial charge in [-0.25, -0.2) is 4.79 Å².